The van der Waals surface area contributed by atoms with Gasteiger partial charge in [0.15, 0.2) is 11.5 Å². The number of imidazole rings is 1. The Labute approximate surface area is 132 Å². The van der Waals surface area contributed by atoms with Crippen LogP contribution in [0.15, 0.2) is 67.4 Å². The lowest BCUT2D eigenvalue weighted by Gasteiger charge is -2.07. The first-order valence-corrected chi connectivity index (χ1v) is 7.29. The van der Waals surface area contributed by atoms with Gasteiger partial charge in [-0.15, -0.1) is 0 Å². The molecule has 4 aromatic heterocycles. The summed E-state index contributed by atoms with van der Waals surface area (Å²) >= 11 is 0. The average molecular weight is 302 g/mol. The summed E-state index contributed by atoms with van der Waals surface area (Å²) in [6, 6.07) is 11.7. The number of nitrogens with zero attached hydrogens (tertiary/aromatic N) is 5. The van der Waals surface area contributed by atoms with Crippen molar-refractivity contribution in [3.05, 3.63) is 72.9 Å². The Kier molecular flexibility index (Phi) is 3.40. The molecule has 112 valence electrons. The van der Waals surface area contributed by atoms with E-state index in [0.29, 0.717) is 6.54 Å². The lowest BCUT2D eigenvalue weighted by atomic mass is 10.2. The van der Waals surface area contributed by atoms with Gasteiger partial charge in [0.2, 0.25) is 0 Å². The summed E-state index contributed by atoms with van der Waals surface area (Å²) in [5.74, 6) is 0.798. The molecule has 0 aliphatic heterocycles. The lowest BCUT2D eigenvalue weighted by Crippen LogP contribution is -2.02. The van der Waals surface area contributed by atoms with Gasteiger partial charge in [0.1, 0.15) is 5.69 Å². The number of aromatic nitrogens is 5. The SMILES string of the molecule is c1cnn2c(-c3ccncc3)c(NCc3ccncc3)nc2c1. The van der Waals surface area contributed by atoms with Crippen molar-refractivity contribution in [1.29, 1.82) is 0 Å². The van der Waals surface area contributed by atoms with Crippen LogP contribution in [0.2, 0.25) is 0 Å². The van der Waals surface area contributed by atoms with Crippen molar-refractivity contribution < 1.29 is 0 Å². The molecule has 0 aromatic carbocycles. The molecule has 0 aliphatic rings. The molecule has 4 heterocycles. The molecule has 4 rings (SSSR count). The van der Waals surface area contributed by atoms with Crippen LogP contribution in [0.3, 0.4) is 0 Å². The third-order valence-electron chi connectivity index (χ3n) is 3.56. The van der Waals surface area contributed by atoms with Crippen LogP contribution in [-0.2, 0) is 6.54 Å². The lowest BCUT2D eigenvalue weighted by molar-refractivity contribution is 0.942. The van der Waals surface area contributed by atoms with Crippen LogP contribution >= 0.6 is 0 Å². The summed E-state index contributed by atoms with van der Waals surface area (Å²) < 4.78 is 1.84. The smallest absolute Gasteiger partial charge is 0.156 e. The van der Waals surface area contributed by atoms with E-state index in [2.05, 4.69) is 25.4 Å². The van der Waals surface area contributed by atoms with Gasteiger partial charge >= 0.3 is 0 Å². The second-order valence-corrected chi connectivity index (χ2v) is 5.05. The zero-order valence-corrected chi connectivity index (χ0v) is 12.3. The molecule has 0 saturated heterocycles. The maximum atomic E-state index is 4.66. The maximum absolute atomic E-state index is 4.66. The van der Waals surface area contributed by atoms with Crippen molar-refractivity contribution in [2.45, 2.75) is 6.54 Å². The minimum Gasteiger partial charge on any atom is -0.364 e. The fraction of sp³-hybridized carbons (Fsp3) is 0.0588. The largest absolute Gasteiger partial charge is 0.364 e. The van der Waals surface area contributed by atoms with Crippen molar-refractivity contribution in [2.75, 3.05) is 5.32 Å². The Hall–Kier alpha value is -3.28. The highest BCUT2D eigenvalue weighted by Gasteiger charge is 2.14. The molecule has 0 unspecified atom stereocenters. The second kappa shape index (κ2) is 5.84. The van der Waals surface area contributed by atoms with Crippen LogP contribution < -0.4 is 5.32 Å². The third kappa shape index (κ3) is 2.62. The molecule has 6 nitrogen and oxygen atoms in total. The van der Waals surface area contributed by atoms with Crippen LogP contribution in [0.4, 0.5) is 5.82 Å². The molecule has 0 fully saturated rings. The van der Waals surface area contributed by atoms with Crippen LogP contribution in [0, 0.1) is 0 Å². The zero-order valence-electron chi connectivity index (χ0n) is 12.3. The normalized spacial score (nSPS) is 10.8. The van der Waals surface area contributed by atoms with Crippen molar-refractivity contribution in [1.82, 2.24) is 24.6 Å². The van der Waals surface area contributed by atoms with E-state index in [1.807, 2.05) is 40.9 Å². The van der Waals surface area contributed by atoms with Crippen LogP contribution in [0.5, 0.6) is 0 Å². The molecule has 0 amide bonds. The maximum Gasteiger partial charge on any atom is 0.156 e. The Morgan fingerprint density at radius 2 is 1.61 bits per heavy atom. The van der Waals surface area contributed by atoms with E-state index in [-0.39, 0.29) is 0 Å². The molecule has 0 atom stereocenters. The molecule has 0 radical (unpaired) electrons. The van der Waals surface area contributed by atoms with E-state index in [1.165, 1.54) is 0 Å². The first kappa shape index (κ1) is 13.4. The van der Waals surface area contributed by atoms with Gasteiger partial charge in [0, 0.05) is 43.1 Å². The Morgan fingerprint density at radius 1 is 0.870 bits per heavy atom. The van der Waals surface area contributed by atoms with Gasteiger partial charge < -0.3 is 5.32 Å². The van der Waals surface area contributed by atoms with E-state index in [9.17, 15) is 0 Å². The van der Waals surface area contributed by atoms with Crippen LogP contribution in [0.1, 0.15) is 5.56 Å². The number of anilines is 1. The minimum absolute atomic E-state index is 0.671. The molecular formula is C17H14N6. The Bertz CT molecular complexity index is 918. The van der Waals surface area contributed by atoms with E-state index >= 15 is 0 Å². The van der Waals surface area contributed by atoms with Gasteiger partial charge in [0.25, 0.3) is 0 Å². The number of rotatable bonds is 4. The van der Waals surface area contributed by atoms with Gasteiger partial charge in [-0.2, -0.15) is 5.10 Å². The number of hydrogen-bond acceptors (Lipinski definition) is 5. The monoisotopic (exact) mass is 302 g/mol. The van der Waals surface area contributed by atoms with Crippen molar-refractivity contribution in [3.63, 3.8) is 0 Å². The first-order valence-electron chi connectivity index (χ1n) is 7.29. The Balaban J connectivity index is 1.76. The summed E-state index contributed by atoms with van der Waals surface area (Å²) in [6.07, 6.45) is 8.86. The molecule has 4 aromatic rings. The molecule has 1 N–H and O–H groups in total. The quantitative estimate of drug-likeness (QED) is 0.628. The van der Waals surface area contributed by atoms with Crippen molar-refractivity contribution >= 4 is 11.5 Å². The second-order valence-electron chi connectivity index (χ2n) is 5.05. The number of fused-ring (bicyclic) bond motifs is 1. The summed E-state index contributed by atoms with van der Waals surface area (Å²) in [6.45, 7) is 0.671. The molecule has 23 heavy (non-hydrogen) atoms. The van der Waals surface area contributed by atoms with E-state index in [4.69, 9.17) is 0 Å². The third-order valence-corrected chi connectivity index (χ3v) is 3.56. The molecule has 0 bridgehead atoms. The van der Waals surface area contributed by atoms with Crippen LogP contribution in [0.25, 0.3) is 16.9 Å². The average Bonchev–Trinajstić information content (AvgIpc) is 3.00. The number of nitrogens with one attached hydrogen (secondary N) is 1. The highest BCUT2D eigenvalue weighted by molar-refractivity contribution is 5.75. The van der Waals surface area contributed by atoms with E-state index in [0.717, 1.165) is 28.3 Å². The standard InChI is InChI=1S/C17H14N6/c1-2-15-22-17(20-12-13-3-8-18-9-4-13)16(23(15)21-7-1)14-5-10-19-11-6-14/h1-11,20H,12H2. The highest BCUT2D eigenvalue weighted by atomic mass is 15.3. The molecular weight excluding hydrogens is 288 g/mol. The molecule has 0 aliphatic carbocycles. The van der Waals surface area contributed by atoms with Crippen molar-refractivity contribution in [3.8, 4) is 11.3 Å². The molecule has 0 spiro atoms. The van der Waals surface area contributed by atoms with Gasteiger partial charge in [-0.1, -0.05) is 0 Å². The summed E-state index contributed by atoms with van der Waals surface area (Å²) in [5.41, 5.74) is 3.89. The van der Waals surface area contributed by atoms with Gasteiger partial charge in [-0.3, -0.25) is 9.97 Å². The molecule has 0 saturated carbocycles. The summed E-state index contributed by atoms with van der Waals surface area (Å²) in [5, 5.41) is 7.81. The van der Waals surface area contributed by atoms with Gasteiger partial charge in [-0.25, -0.2) is 9.50 Å². The van der Waals surface area contributed by atoms with Crippen molar-refractivity contribution in [2.24, 2.45) is 0 Å². The predicted octanol–water partition coefficient (Wildman–Crippen LogP) is 2.80. The minimum atomic E-state index is 0.671. The van der Waals surface area contributed by atoms with Crippen LogP contribution in [-0.4, -0.2) is 24.6 Å². The predicted molar refractivity (Wildman–Crippen MR) is 87.8 cm³/mol. The number of hydrogen-bond donors (Lipinski definition) is 1. The summed E-state index contributed by atoms with van der Waals surface area (Å²) in [7, 11) is 0. The summed E-state index contributed by atoms with van der Waals surface area (Å²) in [4.78, 5) is 12.8. The number of pyridine rings is 2. The van der Waals surface area contributed by atoms with Gasteiger partial charge in [-0.05, 0) is 42.0 Å². The van der Waals surface area contributed by atoms with Gasteiger partial charge in [0.05, 0.1) is 0 Å². The molecule has 6 heteroatoms. The Morgan fingerprint density at radius 3 is 2.39 bits per heavy atom. The first-order chi connectivity index (χ1) is 11.4. The topological polar surface area (TPSA) is 68.0 Å². The van der Waals surface area contributed by atoms with E-state index in [1.54, 1.807) is 31.0 Å². The highest BCUT2D eigenvalue weighted by Crippen LogP contribution is 2.28. The van der Waals surface area contributed by atoms with E-state index < -0.39 is 0 Å². The fourth-order valence-corrected chi connectivity index (χ4v) is 2.47. The fourth-order valence-electron chi connectivity index (χ4n) is 2.47. The zero-order chi connectivity index (χ0) is 15.5.